The van der Waals surface area contributed by atoms with Crippen molar-refractivity contribution >= 4 is 45.2 Å². The lowest BCUT2D eigenvalue weighted by Gasteiger charge is -2.47. The average Bonchev–Trinajstić information content (AvgIpc) is 2.87. The monoisotopic (exact) mass is 549 g/mol. The zero-order chi connectivity index (χ0) is 25.3. The summed E-state index contributed by atoms with van der Waals surface area (Å²) in [5.74, 6) is -0.132. The van der Waals surface area contributed by atoms with E-state index >= 15 is 0 Å². The van der Waals surface area contributed by atoms with E-state index in [4.69, 9.17) is 10.5 Å². The fraction of sp³-hybridized carbons (Fsp3) is 0.192. The maximum absolute atomic E-state index is 13.3. The van der Waals surface area contributed by atoms with Crippen molar-refractivity contribution in [3.05, 3.63) is 82.8 Å². The number of anilines is 2. The second kappa shape index (κ2) is 9.63. The molecular weight excluding hydrogens is 526 g/mol. The quantitative estimate of drug-likeness (QED) is 0.330. The number of ether oxygens (including phenoxy) is 1. The van der Waals surface area contributed by atoms with Crippen molar-refractivity contribution in [2.24, 2.45) is 0 Å². The van der Waals surface area contributed by atoms with Gasteiger partial charge in [0.1, 0.15) is 11.5 Å². The number of urea groups is 1. The van der Waals surface area contributed by atoms with Crippen LogP contribution in [-0.2, 0) is 15.1 Å². The first-order chi connectivity index (χ1) is 17.4. The largest absolute Gasteiger partial charge is 0.457 e. The number of imide groups is 2. The van der Waals surface area contributed by atoms with E-state index in [1.807, 2.05) is 53.4 Å². The highest BCUT2D eigenvalue weighted by atomic mass is 79.9. The maximum Gasteiger partial charge on any atom is 0.328 e. The molecule has 184 valence electrons. The van der Waals surface area contributed by atoms with Crippen LogP contribution in [-0.4, -0.2) is 48.9 Å². The minimum Gasteiger partial charge on any atom is -0.457 e. The SMILES string of the molecule is Nc1ccc(N2CCN(C3(c4ccc(Oc5ccc(Br)cc5)cc4)C(=O)NC(=O)NC3=O)CC2)cc1. The molecule has 5 rings (SSSR count). The van der Waals surface area contributed by atoms with E-state index in [1.54, 1.807) is 24.3 Å². The van der Waals surface area contributed by atoms with Crippen LogP contribution >= 0.6 is 15.9 Å². The number of nitrogens with two attached hydrogens (primary N) is 1. The highest BCUT2D eigenvalue weighted by Gasteiger charge is 2.56. The Morgan fingerprint density at radius 3 is 1.83 bits per heavy atom. The van der Waals surface area contributed by atoms with Gasteiger partial charge in [0.2, 0.25) is 5.54 Å². The highest BCUT2D eigenvalue weighted by Crippen LogP contribution is 2.35. The Morgan fingerprint density at radius 2 is 1.28 bits per heavy atom. The molecule has 2 aliphatic rings. The molecule has 3 aromatic carbocycles. The van der Waals surface area contributed by atoms with E-state index in [9.17, 15) is 14.4 Å². The molecule has 0 unspecified atom stereocenters. The van der Waals surface area contributed by atoms with Crippen LogP contribution < -0.4 is 26.0 Å². The topological polar surface area (TPSA) is 117 Å². The lowest BCUT2D eigenvalue weighted by Crippen LogP contribution is -2.73. The van der Waals surface area contributed by atoms with Crippen LogP contribution in [0.5, 0.6) is 11.5 Å². The van der Waals surface area contributed by atoms with Gasteiger partial charge in [-0.1, -0.05) is 28.1 Å². The van der Waals surface area contributed by atoms with E-state index in [0.29, 0.717) is 48.9 Å². The Morgan fingerprint density at radius 1 is 0.750 bits per heavy atom. The lowest BCUT2D eigenvalue weighted by atomic mass is 9.84. The van der Waals surface area contributed by atoms with Crippen LogP contribution in [0.1, 0.15) is 5.56 Å². The molecule has 0 saturated carbocycles. The van der Waals surface area contributed by atoms with E-state index < -0.39 is 23.4 Å². The number of carbonyl (C=O) groups is 3. The molecule has 9 nitrogen and oxygen atoms in total. The molecular formula is C26H24BrN5O4. The summed E-state index contributed by atoms with van der Waals surface area (Å²) in [6.07, 6.45) is 0. The molecule has 0 atom stereocenters. The van der Waals surface area contributed by atoms with Crippen molar-refractivity contribution < 1.29 is 19.1 Å². The molecule has 4 N–H and O–H groups in total. The lowest BCUT2D eigenvalue weighted by molar-refractivity contribution is -0.149. The molecule has 2 heterocycles. The Bertz CT molecular complexity index is 1270. The van der Waals surface area contributed by atoms with Gasteiger partial charge < -0.3 is 15.4 Å². The number of nitrogens with zero attached hydrogens (tertiary/aromatic N) is 2. The molecule has 0 radical (unpaired) electrons. The van der Waals surface area contributed by atoms with Gasteiger partial charge in [-0.2, -0.15) is 0 Å². The second-order valence-corrected chi connectivity index (χ2v) is 9.51. The van der Waals surface area contributed by atoms with Crippen molar-refractivity contribution in [3.8, 4) is 11.5 Å². The van der Waals surface area contributed by atoms with Crippen LogP contribution in [0.25, 0.3) is 0 Å². The molecule has 2 fully saturated rings. The first-order valence-corrected chi connectivity index (χ1v) is 12.2. The van der Waals surface area contributed by atoms with E-state index in [1.165, 1.54) is 0 Å². The first kappa shape index (κ1) is 23.8. The fourth-order valence-corrected chi connectivity index (χ4v) is 4.91. The molecule has 36 heavy (non-hydrogen) atoms. The number of carbonyl (C=O) groups excluding carboxylic acids is 3. The Hall–Kier alpha value is -3.89. The molecule has 3 aromatic rings. The van der Waals surface area contributed by atoms with Crippen LogP contribution in [0.3, 0.4) is 0 Å². The molecule has 2 aliphatic heterocycles. The van der Waals surface area contributed by atoms with Crippen LogP contribution in [0.15, 0.2) is 77.3 Å². The number of barbiturate groups is 1. The third-order valence-corrected chi connectivity index (χ3v) is 6.97. The minimum atomic E-state index is -1.68. The van der Waals surface area contributed by atoms with E-state index in [0.717, 1.165) is 10.2 Å². The molecule has 10 heteroatoms. The maximum atomic E-state index is 13.3. The Labute approximate surface area is 216 Å². The van der Waals surface area contributed by atoms with E-state index in [2.05, 4.69) is 31.5 Å². The summed E-state index contributed by atoms with van der Waals surface area (Å²) < 4.78 is 6.83. The fourth-order valence-electron chi connectivity index (χ4n) is 4.64. The van der Waals surface area contributed by atoms with Gasteiger partial charge in [0, 0.05) is 42.0 Å². The second-order valence-electron chi connectivity index (χ2n) is 8.59. The summed E-state index contributed by atoms with van der Waals surface area (Å²) >= 11 is 3.40. The van der Waals surface area contributed by atoms with Crippen molar-refractivity contribution in [3.63, 3.8) is 0 Å². The van der Waals surface area contributed by atoms with Gasteiger partial charge in [0.25, 0.3) is 11.8 Å². The minimum absolute atomic E-state index is 0.427. The number of amides is 4. The molecule has 4 amide bonds. The average molecular weight is 550 g/mol. The van der Waals surface area contributed by atoms with Gasteiger partial charge in [-0.3, -0.25) is 25.1 Å². The number of nitrogen functional groups attached to an aromatic ring is 1. The predicted octanol–water partition coefficient (Wildman–Crippen LogP) is 3.21. The Balaban J connectivity index is 1.42. The van der Waals surface area contributed by atoms with Gasteiger partial charge in [-0.05, 0) is 66.2 Å². The van der Waals surface area contributed by atoms with Crippen LogP contribution in [0.4, 0.5) is 16.2 Å². The van der Waals surface area contributed by atoms with Crippen LogP contribution in [0.2, 0.25) is 0 Å². The summed E-state index contributed by atoms with van der Waals surface area (Å²) in [6, 6.07) is 21.0. The highest BCUT2D eigenvalue weighted by molar-refractivity contribution is 9.10. The summed E-state index contributed by atoms with van der Waals surface area (Å²) in [5.41, 5.74) is 6.27. The van der Waals surface area contributed by atoms with E-state index in [-0.39, 0.29) is 0 Å². The smallest absolute Gasteiger partial charge is 0.328 e. The molecule has 0 aromatic heterocycles. The number of halogens is 1. The number of hydrogen-bond acceptors (Lipinski definition) is 7. The van der Waals surface area contributed by atoms with Crippen molar-refractivity contribution in [1.29, 1.82) is 0 Å². The number of benzene rings is 3. The molecule has 0 aliphatic carbocycles. The van der Waals surface area contributed by atoms with Crippen molar-refractivity contribution in [1.82, 2.24) is 15.5 Å². The van der Waals surface area contributed by atoms with Gasteiger partial charge in [0.05, 0.1) is 0 Å². The summed E-state index contributed by atoms with van der Waals surface area (Å²) in [5, 5.41) is 4.58. The Kier molecular flexibility index (Phi) is 6.38. The van der Waals surface area contributed by atoms with Gasteiger partial charge in [0.15, 0.2) is 0 Å². The van der Waals surface area contributed by atoms with Crippen molar-refractivity contribution in [2.75, 3.05) is 36.8 Å². The summed E-state index contributed by atoms with van der Waals surface area (Å²) in [6.45, 7) is 2.03. The van der Waals surface area contributed by atoms with Crippen molar-refractivity contribution in [2.45, 2.75) is 5.54 Å². The first-order valence-electron chi connectivity index (χ1n) is 11.4. The molecule has 2 saturated heterocycles. The summed E-state index contributed by atoms with van der Waals surface area (Å²) in [4.78, 5) is 42.6. The molecule has 0 bridgehead atoms. The standard InChI is InChI=1S/C26H24BrN5O4/c27-18-3-11-22(12-4-18)36-21-9-1-17(2-10-21)26(23(33)29-25(35)30-24(26)34)32-15-13-31(14-16-32)20-7-5-19(28)6-8-20/h1-12H,13-16,28H2,(H2,29,30,33,34,35). The van der Waals surface area contributed by atoms with Crippen LogP contribution in [0, 0.1) is 0 Å². The molecule has 0 spiro atoms. The normalized spacial score (nSPS) is 17.9. The number of hydrogen-bond donors (Lipinski definition) is 3. The third-order valence-electron chi connectivity index (χ3n) is 6.45. The predicted molar refractivity (Wildman–Crippen MR) is 139 cm³/mol. The zero-order valence-corrected chi connectivity index (χ0v) is 20.8. The van der Waals surface area contributed by atoms with Gasteiger partial charge in [-0.15, -0.1) is 0 Å². The zero-order valence-electron chi connectivity index (χ0n) is 19.2. The van der Waals surface area contributed by atoms with Gasteiger partial charge in [-0.25, -0.2) is 4.79 Å². The number of piperazine rings is 1. The number of nitrogens with one attached hydrogen (secondary N) is 2. The van der Waals surface area contributed by atoms with Gasteiger partial charge >= 0.3 is 6.03 Å². The number of rotatable bonds is 5. The third kappa shape index (κ3) is 4.40. The summed E-state index contributed by atoms with van der Waals surface area (Å²) in [7, 11) is 0.